The van der Waals surface area contributed by atoms with Crippen molar-refractivity contribution in [2.45, 2.75) is 38.8 Å². The van der Waals surface area contributed by atoms with E-state index >= 15 is 0 Å². The van der Waals surface area contributed by atoms with Crippen molar-refractivity contribution in [3.63, 3.8) is 0 Å². The van der Waals surface area contributed by atoms with Gasteiger partial charge in [0.15, 0.2) is 0 Å². The maximum absolute atomic E-state index is 13.5. The van der Waals surface area contributed by atoms with Gasteiger partial charge in [-0.3, -0.25) is 4.79 Å². The number of hydrogen-bond donors (Lipinski definition) is 1. The summed E-state index contributed by atoms with van der Waals surface area (Å²) in [7, 11) is 3.04. The van der Waals surface area contributed by atoms with E-state index in [2.05, 4.69) is 5.32 Å². The molecule has 20 heavy (non-hydrogen) atoms. The molecule has 2 unspecified atom stereocenters. The summed E-state index contributed by atoms with van der Waals surface area (Å²) in [5.74, 6) is -0.214. The van der Waals surface area contributed by atoms with Crippen molar-refractivity contribution in [1.82, 2.24) is 5.32 Å². The van der Waals surface area contributed by atoms with Crippen molar-refractivity contribution in [3.8, 4) is 5.75 Å². The van der Waals surface area contributed by atoms with Gasteiger partial charge in [-0.1, -0.05) is 6.07 Å². The normalized spacial score (nSPS) is 15.3. The van der Waals surface area contributed by atoms with E-state index in [-0.39, 0.29) is 17.9 Å². The predicted octanol–water partition coefficient (Wildman–Crippen LogP) is 2.44. The first-order chi connectivity index (χ1) is 9.32. The Kier molecular flexibility index (Phi) is 5.51. The van der Waals surface area contributed by atoms with Gasteiger partial charge in [-0.25, -0.2) is 4.39 Å². The van der Waals surface area contributed by atoms with E-state index in [1.54, 1.807) is 33.0 Å². The van der Waals surface area contributed by atoms with Crippen LogP contribution in [-0.2, 0) is 9.53 Å². The minimum atomic E-state index is -0.836. The molecule has 0 fully saturated rings. The molecule has 1 aromatic rings. The van der Waals surface area contributed by atoms with Gasteiger partial charge in [0, 0.05) is 12.5 Å². The largest absolute Gasteiger partial charge is 0.491 e. The third kappa shape index (κ3) is 3.93. The molecule has 1 N–H and O–H groups in total. The van der Waals surface area contributed by atoms with Crippen LogP contribution in [0.25, 0.3) is 0 Å². The Hall–Kier alpha value is -1.62. The zero-order valence-corrected chi connectivity index (χ0v) is 12.6. The van der Waals surface area contributed by atoms with Crippen LogP contribution in [0.15, 0.2) is 18.2 Å². The van der Waals surface area contributed by atoms with Gasteiger partial charge in [0.1, 0.15) is 17.1 Å². The number of aryl methyl sites for hydroxylation is 1. The zero-order chi connectivity index (χ0) is 15.3. The van der Waals surface area contributed by atoms with Crippen molar-refractivity contribution in [2.75, 3.05) is 14.2 Å². The Labute approximate surface area is 119 Å². The van der Waals surface area contributed by atoms with E-state index in [1.165, 1.54) is 13.2 Å². The average molecular weight is 283 g/mol. The van der Waals surface area contributed by atoms with Gasteiger partial charge in [0.05, 0.1) is 13.2 Å². The molecule has 0 aliphatic carbocycles. The summed E-state index contributed by atoms with van der Waals surface area (Å²) in [4.78, 5) is 11.8. The van der Waals surface area contributed by atoms with Crippen LogP contribution in [0.1, 0.15) is 25.8 Å². The van der Waals surface area contributed by atoms with Gasteiger partial charge in [-0.15, -0.1) is 0 Å². The number of nitrogens with one attached hydrogen (secondary N) is 1. The SMILES string of the molecule is CNC(C)(CC(C)Oc1ccc(C)c(F)c1)C(=O)OC. The minimum absolute atomic E-state index is 0.270. The highest BCUT2D eigenvalue weighted by Gasteiger charge is 2.34. The molecule has 0 aliphatic rings. The lowest BCUT2D eigenvalue weighted by Gasteiger charge is -2.29. The van der Waals surface area contributed by atoms with Crippen molar-refractivity contribution in [2.24, 2.45) is 0 Å². The highest BCUT2D eigenvalue weighted by molar-refractivity contribution is 5.80. The van der Waals surface area contributed by atoms with Gasteiger partial charge in [-0.2, -0.15) is 0 Å². The fourth-order valence-corrected chi connectivity index (χ4v) is 2.01. The van der Waals surface area contributed by atoms with Crippen LogP contribution >= 0.6 is 0 Å². The van der Waals surface area contributed by atoms with Crippen molar-refractivity contribution in [3.05, 3.63) is 29.6 Å². The van der Waals surface area contributed by atoms with Gasteiger partial charge in [-0.05, 0) is 39.4 Å². The van der Waals surface area contributed by atoms with Crippen LogP contribution in [0, 0.1) is 12.7 Å². The van der Waals surface area contributed by atoms with E-state index in [9.17, 15) is 9.18 Å². The molecule has 4 nitrogen and oxygen atoms in total. The van der Waals surface area contributed by atoms with Crippen LogP contribution in [0.4, 0.5) is 4.39 Å². The number of methoxy groups -OCH3 is 1. The summed E-state index contributed by atoms with van der Waals surface area (Å²) < 4.78 is 23.9. The number of rotatable bonds is 6. The Balaban J connectivity index is 2.73. The monoisotopic (exact) mass is 283 g/mol. The maximum Gasteiger partial charge on any atom is 0.325 e. The van der Waals surface area contributed by atoms with E-state index in [0.717, 1.165) is 0 Å². The number of carbonyl (C=O) groups is 1. The lowest BCUT2D eigenvalue weighted by atomic mass is 9.95. The summed E-state index contributed by atoms with van der Waals surface area (Å²) in [5, 5.41) is 2.94. The van der Waals surface area contributed by atoms with Crippen molar-refractivity contribution >= 4 is 5.97 Å². The van der Waals surface area contributed by atoms with E-state index in [0.29, 0.717) is 17.7 Å². The highest BCUT2D eigenvalue weighted by atomic mass is 19.1. The number of likely N-dealkylation sites (N-methyl/N-ethyl adjacent to an activating group) is 1. The smallest absolute Gasteiger partial charge is 0.325 e. The molecule has 0 aliphatic heterocycles. The first-order valence-corrected chi connectivity index (χ1v) is 6.52. The third-order valence-electron chi connectivity index (χ3n) is 3.36. The van der Waals surface area contributed by atoms with Crippen molar-refractivity contribution in [1.29, 1.82) is 0 Å². The molecule has 112 valence electrons. The third-order valence-corrected chi connectivity index (χ3v) is 3.36. The molecular formula is C15H22FNO3. The molecule has 0 heterocycles. The summed E-state index contributed by atoms with van der Waals surface area (Å²) in [5.41, 5.74) is -0.267. The first kappa shape index (κ1) is 16.4. The molecule has 0 amide bonds. The van der Waals surface area contributed by atoms with Crippen LogP contribution in [0.3, 0.4) is 0 Å². The summed E-state index contributed by atoms with van der Waals surface area (Å²) in [6.45, 7) is 5.27. The Morgan fingerprint density at radius 3 is 2.65 bits per heavy atom. The van der Waals surface area contributed by atoms with Gasteiger partial charge in [0.2, 0.25) is 0 Å². The van der Waals surface area contributed by atoms with Crippen LogP contribution < -0.4 is 10.1 Å². The summed E-state index contributed by atoms with van der Waals surface area (Å²) in [6.07, 6.45) is 0.139. The number of benzene rings is 1. The standard InChI is InChI=1S/C15H22FNO3/c1-10-6-7-12(8-13(10)16)20-11(2)9-15(3,17-4)14(18)19-5/h6-8,11,17H,9H2,1-5H3. The summed E-state index contributed by atoms with van der Waals surface area (Å²) in [6, 6.07) is 4.72. The van der Waals surface area contributed by atoms with Crippen LogP contribution in [0.5, 0.6) is 5.75 Å². The van der Waals surface area contributed by atoms with Crippen molar-refractivity contribution < 1.29 is 18.7 Å². The molecular weight excluding hydrogens is 261 g/mol. The molecule has 0 aromatic heterocycles. The molecule has 0 bridgehead atoms. The molecule has 1 rings (SSSR count). The second kappa shape index (κ2) is 6.70. The fraction of sp³-hybridized carbons (Fsp3) is 0.533. The zero-order valence-electron chi connectivity index (χ0n) is 12.6. The number of ether oxygens (including phenoxy) is 2. The lowest BCUT2D eigenvalue weighted by molar-refractivity contribution is -0.148. The second-order valence-corrected chi connectivity index (χ2v) is 5.12. The second-order valence-electron chi connectivity index (χ2n) is 5.12. The lowest BCUT2D eigenvalue weighted by Crippen LogP contribution is -2.50. The number of hydrogen-bond acceptors (Lipinski definition) is 4. The molecule has 0 radical (unpaired) electrons. The van der Waals surface area contributed by atoms with Crippen LogP contribution in [-0.4, -0.2) is 31.8 Å². The minimum Gasteiger partial charge on any atom is -0.491 e. The number of halogens is 1. The molecule has 0 spiro atoms. The molecule has 0 saturated carbocycles. The number of carbonyl (C=O) groups excluding carboxylic acids is 1. The van der Waals surface area contributed by atoms with Gasteiger partial charge < -0.3 is 14.8 Å². The topological polar surface area (TPSA) is 47.6 Å². The first-order valence-electron chi connectivity index (χ1n) is 6.52. The number of esters is 1. The van der Waals surface area contributed by atoms with Gasteiger partial charge >= 0.3 is 5.97 Å². The quantitative estimate of drug-likeness (QED) is 0.815. The fourth-order valence-electron chi connectivity index (χ4n) is 2.01. The Morgan fingerprint density at radius 1 is 1.50 bits per heavy atom. The molecule has 0 saturated heterocycles. The van der Waals surface area contributed by atoms with E-state index in [4.69, 9.17) is 9.47 Å². The summed E-state index contributed by atoms with van der Waals surface area (Å²) >= 11 is 0. The maximum atomic E-state index is 13.5. The molecule has 2 atom stereocenters. The molecule has 5 heteroatoms. The van der Waals surface area contributed by atoms with E-state index < -0.39 is 5.54 Å². The van der Waals surface area contributed by atoms with Gasteiger partial charge in [0.25, 0.3) is 0 Å². The predicted molar refractivity (Wildman–Crippen MR) is 75.3 cm³/mol. The Morgan fingerprint density at radius 2 is 2.15 bits per heavy atom. The highest BCUT2D eigenvalue weighted by Crippen LogP contribution is 2.21. The Bertz CT molecular complexity index is 478. The van der Waals surface area contributed by atoms with E-state index in [1.807, 2.05) is 6.92 Å². The average Bonchev–Trinajstić information content (AvgIpc) is 2.41. The van der Waals surface area contributed by atoms with Crippen LogP contribution in [0.2, 0.25) is 0 Å². The molecule has 1 aromatic carbocycles.